The van der Waals surface area contributed by atoms with Gasteiger partial charge in [-0.2, -0.15) is 0 Å². The summed E-state index contributed by atoms with van der Waals surface area (Å²) < 4.78 is 3.10. The first-order valence-corrected chi connectivity index (χ1v) is 7.32. The maximum absolute atomic E-state index is 11.2. The quantitative estimate of drug-likeness (QED) is 0.616. The van der Waals surface area contributed by atoms with Crippen molar-refractivity contribution >= 4 is 44.7 Å². The molecule has 0 atom stereocenters. The molecule has 100 valence electrons. The average Bonchev–Trinajstić information content (AvgIpc) is 2.79. The summed E-state index contributed by atoms with van der Waals surface area (Å²) >= 11 is 9.48. The van der Waals surface area contributed by atoms with Crippen LogP contribution in [-0.2, 0) is 6.54 Å². The van der Waals surface area contributed by atoms with Crippen molar-refractivity contribution in [3.63, 3.8) is 0 Å². The largest absolute Gasteiger partial charge is 0.342 e. The van der Waals surface area contributed by atoms with Crippen LogP contribution >= 0.6 is 27.5 Å². The molecule has 0 saturated heterocycles. The monoisotopic (exact) mass is 347 g/mol. The number of rotatable bonds is 3. The molecule has 0 spiro atoms. The second-order valence-corrected chi connectivity index (χ2v) is 5.97. The van der Waals surface area contributed by atoms with Crippen LogP contribution in [0.1, 0.15) is 15.9 Å². The lowest BCUT2D eigenvalue weighted by Gasteiger charge is -2.06. The number of carbonyl (C=O) groups is 1. The van der Waals surface area contributed by atoms with Crippen LogP contribution in [0.15, 0.2) is 53.1 Å². The van der Waals surface area contributed by atoms with Crippen LogP contribution in [0, 0.1) is 0 Å². The van der Waals surface area contributed by atoms with Crippen LogP contribution in [-0.4, -0.2) is 10.9 Å². The first kappa shape index (κ1) is 13.4. The summed E-state index contributed by atoms with van der Waals surface area (Å²) in [6, 6.07) is 13.7. The smallest absolute Gasteiger partial charge is 0.152 e. The Kier molecular flexibility index (Phi) is 3.64. The van der Waals surface area contributed by atoms with Crippen LogP contribution in [0.3, 0.4) is 0 Å². The summed E-state index contributed by atoms with van der Waals surface area (Å²) in [5.74, 6) is 0. The van der Waals surface area contributed by atoms with Crippen molar-refractivity contribution in [2.24, 2.45) is 0 Å². The molecule has 4 heteroatoms. The Balaban J connectivity index is 2.08. The molecule has 0 aliphatic carbocycles. The Bertz CT molecular complexity index is 777. The molecular weight excluding hydrogens is 338 g/mol. The highest BCUT2D eigenvalue weighted by Crippen LogP contribution is 2.25. The third-order valence-electron chi connectivity index (χ3n) is 3.27. The van der Waals surface area contributed by atoms with Crippen LogP contribution < -0.4 is 0 Å². The molecule has 0 radical (unpaired) electrons. The van der Waals surface area contributed by atoms with E-state index in [0.29, 0.717) is 17.1 Å². The molecule has 20 heavy (non-hydrogen) atoms. The van der Waals surface area contributed by atoms with Crippen LogP contribution in [0.5, 0.6) is 0 Å². The Hall–Kier alpha value is -1.58. The van der Waals surface area contributed by atoms with Gasteiger partial charge in [0.05, 0.1) is 5.52 Å². The predicted octanol–water partition coefficient (Wildman–Crippen LogP) is 4.92. The van der Waals surface area contributed by atoms with Gasteiger partial charge in [-0.3, -0.25) is 4.79 Å². The first-order valence-electron chi connectivity index (χ1n) is 6.15. The molecule has 0 amide bonds. The maximum atomic E-state index is 11.2. The Morgan fingerprint density at radius 1 is 1.15 bits per heavy atom. The van der Waals surface area contributed by atoms with Crippen molar-refractivity contribution in [2.45, 2.75) is 6.54 Å². The zero-order valence-electron chi connectivity index (χ0n) is 10.5. The van der Waals surface area contributed by atoms with Gasteiger partial charge >= 0.3 is 0 Å². The third-order valence-corrected chi connectivity index (χ3v) is 4.03. The lowest BCUT2D eigenvalue weighted by Crippen LogP contribution is -1.97. The minimum Gasteiger partial charge on any atom is -0.342 e. The normalized spacial score (nSPS) is 10.9. The van der Waals surface area contributed by atoms with Gasteiger partial charge in [0, 0.05) is 33.2 Å². The zero-order valence-corrected chi connectivity index (χ0v) is 12.9. The second-order valence-electron chi connectivity index (χ2n) is 4.62. The number of carbonyl (C=O) groups excluding carboxylic acids is 1. The number of nitrogens with zero attached hydrogens (tertiary/aromatic N) is 1. The fourth-order valence-corrected chi connectivity index (χ4v) is 2.74. The molecule has 1 heterocycles. The highest BCUT2D eigenvalue weighted by molar-refractivity contribution is 9.10. The molecule has 0 unspecified atom stereocenters. The number of hydrogen-bond donors (Lipinski definition) is 0. The fraction of sp³-hybridized carbons (Fsp3) is 0.0625. The van der Waals surface area contributed by atoms with E-state index in [0.717, 1.165) is 21.7 Å². The van der Waals surface area contributed by atoms with Gasteiger partial charge in [0.1, 0.15) is 0 Å². The highest BCUT2D eigenvalue weighted by atomic mass is 79.9. The van der Waals surface area contributed by atoms with E-state index in [2.05, 4.69) is 28.1 Å². The maximum Gasteiger partial charge on any atom is 0.152 e. The minimum atomic E-state index is 0.671. The topological polar surface area (TPSA) is 22.0 Å². The molecule has 0 saturated carbocycles. The molecule has 0 aliphatic heterocycles. The van der Waals surface area contributed by atoms with Crippen molar-refractivity contribution in [2.75, 3.05) is 0 Å². The van der Waals surface area contributed by atoms with Gasteiger partial charge in [0.2, 0.25) is 0 Å². The van der Waals surface area contributed by atoms with Crippen LogP contribution in [0.25, 0.3) is 10.9 Å². The number of aromatic nitrogens is 1. The lowest BCUT2D eigenvalue weighted by atomic mass is 10.2. The molecule has 3 rings (SSSR count). The number of aldehydes is 1. The minimum absolute atomic E-state index is 0.671. The Labute approximate surface area is 130 Å². The molecule has 2 aromatic carbocycles. The third kappa shape index (κ3) is 2.51. The van der Waals surface area contributed by atoms with Crippen LogP contribution in [0.2, 0.25) is 5.02 Å². The van der Waals surface area contributed by atoms with E-state index in [-0.39, 0.29) is 0 Å². The molecule has 3 aromatic rings. The molecule has 0 aliphatic rings. The van der Waals surface area contributed by atoms with Gasteiger partial charge in [0.25, 0.3) is 0 Å². The van der Waals surface area contributed by atoms with E-state index in [1.165, 1.54) is 5.56 Å². The standard InChI is InChI=1S/C16H11BrClNO/c17-13-3-1-11(2-4-13)8-19-9-12(10-20)15-6-5-14(18)7-16(15)19/h1-7,9-10H,8H2. The van der Waals surface area contributed by atoms with Gasteiger partial charge in [-0.15, -0.1) is 0 Å². The summed E-state index contributed by atoms with van der Waals surface area (Å²) in [7, 11) is 0. The summed E-state index contributed by atoms with van der Waals surface area (Å²) in [5, 5.41) is 1.60. The van der Waals surface area contributed by atoms with E-state index >= 15 is 0 Å². The summed E-state index contributed by atoms with van der Waals surface area (Å²) in [5.41, 5.74) is 2.83. The Morgan fingerprint density at radius 3 is 2.60 bits per heavy atom. The molecule has 2 nitrogen and oxygen atoms in total. The number of benzene rings is 2. The van der Waals surface area contributed by atoms with E-state index in [4.69, 9.17) is 11.6 Å². The highest BCUT2D eigenvalue weighted by Gasteiger charge is 2.08. The van der Waals surface area contributed by atoms with E-state index < -0.39 is 0 Å². The molecular formula is C16H11BrClNO. The average molecular weight is 349 g/mol. The van der Waals surface area contributed by atoms with Gasteiger partial charge in [-0.05, 0) is 29.8 Å². The van der Waals surface area contributed by atoms with E-state index in [1.54, 1.807) is 6.07 Å². The van der Waals surface area contributed by atoms with Crippen molar-refractivity contribution in [3.05, 3.63) is 69.3 Å². The number of hydrogen-bond acceptors (Lipinski definition) is 1. The number of halogens is 2. The first-order chi connectivity index (χ1) is 9.67. The van der Waals surface area contributed by atoms with Gasteiger partial charge in [0.15, 0.2) is 6.29 Å². The Morgan fingerprint density at radius 2 is 1.90 bits per heavy atom. The number of fused-ring (bicyclic) bond motifs is 1. The molecule has 0 bridgehead atoms. The lowest BCUT2D eigenvalue weighted by molar-refractivity contribution is 0.112. The van der Waals surface area contributed by atoms with Crippen molar-refractivity contribution in [1.29, 1.82) is 0 Å². The van der Waals surface area contributed by atoms with E-state index in [9.17, 15) is 4.79 Å². The second kappa shape index (κ2) is 5.43. The van der Waals surface area contributed by atoms with Gasteiger partial charge in [-0.25, -0.2) is 0 Å². The van der Waals surface area contributed by atoms with Crippen molar-refractivity contribution in [1.82, 2.24) is 4.57 Å². The summed E-state index contributed by atoms with van der Waals surface area (Å²) in [6.45, 7) is 0.706. The molecule has 0 fully saturated rings. The van der Waals surface area contributed by atoms with Gasteiger partial charge < -0.3 is 4.57 Å². The summed E-state index contributed by atoms with van der Waals surface area (Å²) in [4.78, 5) is 11.2. The molecule has 1 aromatic heterocycles. The SMILES string of the molecule is O=Cc1cn(Cc2ccc(Br)cc2)c2cc(Cl)ccc12. The molecule has 0 N–H and O–H groups in total. The van der Waals surface area contributed by atoms with E-state index in [1.807, 2.05) is 35.0 Å². The zero-order chi connectivity index (χ0) is 14.1. The van der Waals surface area contributed by atoms with Gasteiger partial charge in [-0.1, -0.05) is 45.7 Å². The van der Waals surface area contributed by atoms with Crippen molar-refractivity contribution < 1.29 is 4.79 Å². The summed E-state index contributed by atoms with van der Waals surface area (Å²) in [6.07, 6.45) is 2.75. The van der Waals surface area contributed by atoms with Crippen LogP contribution in [0.4, 0.5) is 0 Å². The predicted molar refractivity (Wildman–Crippen MR) is 85.6 cm³/mol. The van der Waals surface area contributed by atoms with Crippen molar-refractivity contribution in [3.8, 4) is 0 Å². The fourth-order valence-electron chi connectivity index (χ4n) is 2.30.